The molecule has 0 fully saturated rings. The van der Waals surface area contributed by atoms with Crippen molar-refractivity contribution in [3.8, 4) is 17.6 Å². The molecular formula is C28H24Cl2N2O6S. The lowest BCUT2D eigenvalue weighted by molar-refractivity contribution is -0.141. The molecule has 202 valence electrons. The molecular weight excluding hydrogens is 563 g/mol. The smallest absolute Gasteiger partial charge is 0.323 e. The predicted octanol–water partition coefficient (Wildman–Crippen LogP) is 5.09. The van der Waals surface area contributed by atoms with Crippen molar-refractivity contribution in [2.24, 2.45) is 0 Å². The van der Waals surface area contributed by atoms with Crippen LogP contribution in [-0.4, -0.2) is 48.4 Å². The molecule has 0 radical (unpaired) electrons. The van der Waals surface area contributed by atoms with Gasteiger partial charge in [-0.05, 0) is 67.9 Å². The summed E-state index contributed by atoms with van der Waals surface area (Å²) in [5.41, 5.74) is 0.941. The van der Waals surface area contributed by atoms with Gasteiger partial charge in [0.1, 0.15) is 11.8 Å². The van der Waals surface area contributed by atoms with Crippen LogP contribution in [0, 0.1) is 11.8 Å². The van der Waals surface area contributed by atoms with Crippen molar-refractivity contribution in [2.45, 2.75) is 37.4 Å². The topological polar surface area (TPSA) is 104 Å². The first kappa shape index (κ1) is 28.5. The van der Waals surface area contributed by atoms with Crippen LogP contribution in [-0.2, 0) is 21.4 Å². The van der Waals surface area contributed by atoms with Crippen LogP contribution in [0.15, 0.2) is 71.6 Å². The molecule has 11 heteroatoms. The van der Waals surface area contributed by atoms with Gasteiger partial charge < -0.3 is 14.7 Å². The van der Waals surface area contributed by atoms with E-state index in [9.17, 15) is 23.1 Å². The van der Waals surface area contributed by atoms with Gasteiger partial charge in [-0.1, -0.05) is 47.3 Å². The average Bonchev–Trinajstić information content (AvgIpc) is 3.07. The summed E-state index contributed by atoms with van der Waals surface area (Å²) in [6.07, 6.45) is -0.395. The van der Waals surface area contributed by atoms with E-state index in [0.29, 0.717) is 22.0 Å². The molecule has 8 nitrogen and oxygen atoms in total. The fraction of sp³-hybridized carbons (Fsp3) is 0.214. The molecule has 2 unspecified atom stereocenters. The van der Waals surface area contributed by atoms with Crippen molar-refractivity contribution in [2.75, 3.05) is 11.4 Å². The summed E-state index contributed by atoms with van der Waals surface area (Å²) in [5, 5.41) is 10.6. The number of sulfonamides is 1. The Balaban J connectivity index is 1.74. The van der Waals surface area contributed by atoms with E-state index < -0.39 is 40.6 Å². The fourth-order valence-corrected chi connectivity index (χ4v) is 6.31. The van der Waals surface area contributed by atoms with Crippen molar-refractivity contribution >= 4 is 50.8 Å². The summed E-state index contributed by atoms with van der Waals surface area (Å²) >= 11 is 12.3. The van der Waals surface area contributed by atoms with Crippen LogP contribution in [0.1, 0.15) is 29.8 Å². The van der Waals surface area contributed by atoms with Gasteiger partial charge in [-0.25, -0.2) is 8.42 Å². The highest BCUT2D eigenvalue weighted by Gasteiger charge is 2.42. The van der Waals surface area contributed by atoms with Gasteiger partial charge in [0.25, 0.3) is 5.91 Å². The molecule has 3 aromatic carbocycles. The molecule has 4 rings (SSSR count). The lowest BCUT2D eigenvalue weighted by Crippen LogP contribution is -2.50. The first-order valence-electron chi connectivity index (χ1n) is 11.8. The third-order valence-electron chi connectivity index (χ3n) is 6.09. The van der Waals surface area contributed by atoms with Gasteiger partial charge in [0.15, 0.2) is 6.10 Å². The van der Waals surface area contributed by atoms with Crippen molar-refractivity contribution in [3.63, 3.8) is 0 Å². The third-order valence-corrected chi connectivity index (χ3v) is 8.51. The number of aliphatic carboxylic acids is 1. The van der Waals surface area contributed by atoms with Gasteiger partial charge in [0.05, 0.1) is 22.0 Å². The molecule has 1 heterocycles. The molecule has 1 aliphatic rings. The fourth-order valence-electron chi connectivity index (χ4n) is 4.27. The minimum absolute atomic E-state index is 0.0899. The lowest BCUT2D eigenvalue weighted by Gasteiger charge is -2.28. The van der Waals surface area contributed by atoms with Crippen molar-refractivity contribution in [1.82, 2.24) is 4.31 Å². The average molecular weight is 587 g/mol. The lowest BCUT2D eigenvalue weighted by atomic mass is 10.1. The predicted molar refractivity (Wildman–Crippen MR) is 149 cm³/mol. The first-order valence-corrected chi connectivity index (χ1v) is 14.0. The van der Waals surface area contributed by atoms with Crippen LogP contribution in [0.4, 0.5) is 5.69 Å². The summed E-state index contributed by atoms with van der Waals surface area (Å²) < 4.78 is 34.1. The zero-order chi connectivity index (χ0) is 28.3. The summed E-state index contributed by atoms with van der Waals surface area (Å²) in [5.74, 6) is 4.02. The molecule has 0 saturated heterocycles. The molecule has 0 spiro atoms. The number of carboxylic acids is 1. The summed E-state index contributed by atoms with van der Waals surface area (Å²) in [7, 11) is -4.32. The van der Waals surface area contributed by atoms with Gasteiger partial charge in [0.2, 0.25) is 10.0 Å². The number of carboxylic acid groups (broad SMARTS) is 1. The minimum Gasteiger partial charge on any atom is -0.480 e. The second kappa shape index (κ2) is 11.7. The number of rotatable bonds is 6. The molecule has 0 bridgehead atoms. The van der Waals surface area contributed by atoms with Crippen molar-refractivity contribution in [1.29, 1.82) is 0 Å². The van der Waals surface area contributed by atoms with Crippen LogP contribution in [0.2, 0.25) is 10.0 Å². The molecule has 1 amide bonds. The first-order chi connectivity index (χ1) is 18.5. The zero-order valence-electron chi connectivity index (χ0n) is 21.0. The third kappa shape index (κ3) is 6.05. The molecule has 3 aromatic rings. The minimum atomic E-state index is -4.32. The maximum atomic E-state index is 13.8. The van der Waals surface area contributed by atoms with Gasteiger partial charge in [-0.15, -0.1) is 5.92 Å². The van der Waals surface area contributed by atoms with E-state index in [4.69, 9.17) is 27.9 Å². The quantitative estimate of drug-likeness (QED) is 0.403. The number of anilines is 1. The molecule has 39 heavy (non-hydrogen) atoms. The maximum absolute atomic E-state index is 13.8. The number of benzene rings is 3. The molecule has 0 aliphatic carbocycles. The van der Waals surface area contributed by atoms with Gasteiger partial charge >= 0.3 is 5.97 Å². The number of carbonyl (C=O) groups excluding carboxylic acids is 1. The Hall–Kier alpha value is -3.55. The Bertz CT molecular complexity index is 1580. The molecule has 2 atom stereocenters. The Morgan fingerprint density at radius 2 is 1.77 bits per heavy atom. The Morgan fingerprint density at radius 3 is 2.41 bits per heavy atom. The Kier molecular flexibility index (Phi) is 8.52. The standard InChI is InChI=1S/C28H24Cl2N2O6S/c1-3-6-18(2)38-21-10-12-22(13-11-21)39(36,37)32-16-19-7-4-5-8-25(19)31(17-26(32)28(34)35)27(33)23-14-9-20(29)15-24(23)30/h4-5,7-15,18,26H,16-17H2,1-2H3,(H,34,35). The van der Waals surface area contributed by atoms with E-state index in [2.05, 4.69) is 11.8 Å². The number of halogens is 2. The molecule has 1 N–H and O–H groups in total. The van der Waals surface area contributed by atoms with E-state index >= 15 is 0 Å². The van der Waals surface area contributed by atoms with Crippen LogP contribution in [0.3, 0.4) is 0 Å². The summed E-state index contributed by atoms with van der Waals surface area (Å²) in [4.78, 5) is 27.2. The number of hydrogen-bond acceptors (Lipinski definition) is 5. The number of carbonyl (C=O) groups is 2. The zero-order valence-corrected chi connectivity index (χ0v) is 23.3. The summed E-state index contributed by atoms with van der Waals surface area (Å²) in [6.45, 7) is 2.73. The molecule has 0 saturated carbocycles. The monoisotopic (exact) mass is 586 g/mol. The highest BCUT2D eigenvalue weighted by molar-refractivity contribution is 7.89. The Labute approximate surface area is 236 Å². The number of amides is 1. The van der Waals surface area contributed by atoms with E-state index in [1.54, 1.807) is 38.1 Å². The van der Waals surface area contributed by atoms with E-state index in [1.165, 1.54) is 47.4 Å². The molecule has 1 aliphatic heterocycles. The number of hydrogen-bond donors (Lipinski definition) is 1. The van der Waals surface area contributed by atoms with E-state index in [0.717, 1.165) is 4.31 Å². The highest BCUT2D eigenvalue weighted by Crippen LogP contribution is 2.34. The Morgan fingerprint density at radius 1 is 1.08 bits per heavy atom. The van der Waals surface area contributed by atoms with Gasteiger partial charge in [-0.2, -0.15) is 4.31 Å². The maximum Gasteiger partial charge on any atom is 0.323 e. The van der Waals surface area contributed by atoms with Crippen LogP contribution in [0.5, 0.6) is 5.75 Å². The van der Waals surface area contributed by atoms with Gasteiger partial charge in [-0.3, -0.25) is 9.59 Å². The molecule has 0 aromatic heterocycles. The van der Waals surface area contributed by atoms with E-state index in [1.807, 2.05) is 0 Å². The second-order valence-corrected chi connectivity index (χ2v) is 11.4. The van der Waals surface area contributed by atoms with Crippen LogP contribution >= 0.6 is 23.2 Å². The number of fused-ring (bicyclic) bond motifs is 1. The summed E-state index contributed by atoms with van der Waals surface area (Å²) in [6, 6.07) is 15.1. The van der Waals surface area contributed by atoms with Crippen LogP contribution in [0.25, 0.3) is 0 Å². The number of nitrogens with zero attached hydrogens (tertiary/aromatic N) is 2. The van der Waals surface area contributed by atoms with Crippen LogP contribution < -0.4 is 9.64 Å². The van der Waals surface area contributed by atoms with Gasteiger partial charge in [0, 0.05) is 17.3 Å². The largest absolute Gasteiger partial charge is 0.480 e. The number of ether oxygens (including phenoxy) is 1. The highest BCUT2D eigenvalue weighted by atomic mass is 35.5. The SMILES string of the molecule is CC#CC(C)Oc1ccc(S(=O)(=O)N2Cc3ccccc3N(C(=O)c3ccc(Cl)cc3Cl)CC2C(=O)O)cc1. The van der Waals surface area contributed by atoms with E-state index in [-0.39, 0.29) is 22.0 Å². The second-order valence-electron chi connectivity index (χ2n) is 8.70. The van der Waals surface area contributed by atoms with Crippen molar-refractivity contribution < 1.29 is 27.9 Å². The van der Waals surface area contributed by atoms with Crippen molar-refractivity contribution in [3.05, 3.63) is 87.9 Å². The number of para-hydroxylation sites is 1. The normalized spacial score (nSPS) is 16.3.